The van der Waals surface area contributed by atoms with Crippen LogP contribution in [0.25, 0.3) is 0 Å². The number of aromatic nitrogens is 4. The number of tetrazole rings is 1. The summed E-state index contributed by atoms with van der Waals surface area (Å²) < 4.78 is 1.92. The van der Waals surface area contributed by atoms with Gasteiger partial charge >= 0.3 is 0 Å². The van der Waals surface area contributed by atoms with E-state index >= 15 is 0 Å². The van der Waals surface area contributed by atoms with Crippen LogP contribution in [0.3, 0.4) is 0 Å². The molecule has 2 aliphatic carbocycles. The average Bonchev–Trinajstić information content (AvgIpc) is 3.18. The van der Waals surface area contributed by atoms with Gasteiger partial charge in [0.1, 0.15) is 0 Å². The van der Waals surface area contributed by atoms with Gasteiger partial charge in [-0.2, -0.15) is 0 Å². The van der Waals surface area contributed by atoms with Gasteiger partial charge < -0.3 is 5.32 Å². The van der Waals surface area contributed by atoms with E-state index in [1.54, 1.807) is 11.8 Å². The molecule has 3 rings (SSSR count). The van der Waals surface area contributed by atoms with Crippen molar-refractivity contribution < 1.29 is 0 Å². The lowest BCUT2D eigenvalue weighted by Gasteiger charge is -2.04. The molecule has 0 atom stereocenters. The molecule has 88 valence electrons. The largest absolute Gasteiger partial charge is 0.312 e. The summed E-state index contributed by atoms with van der Waals surface area (Å²) in [4.78, 5) is 0. The van der Waals surface area contributed by atoms with Gasteiger partial charge in [0.2, 0.25) is 5.16 Å². The van der Waals surface area contributed by atoms with Gasteiger partial charge in [-0.15, -0.1) is 5.10 Å². The third-order valence-electron chi connectivity index (χ3n) is 2.98. The number of hydrogen-bond acceptors (Lipinski definition) is 5. The molecule has 1 N–H and O–H groups in total. The van der Waals surface area contributed by atoms with Gasteiger partial charge in [0, 0.05) is 18.3 Å². The summed E-state index contributed by atoms with van der Waals surface area (Å²) in [6, 6.07) is 0.763. The third kappa shape index (κ3) is 2.95. The second kappa shape index (κ2) is 4.71. The molecule has 2 saturated carbocycles. The number of hydrogen-bond donors (Lipinski definition) is 1. The maximum atomic E-state index is 4.07. The Hall–Kier alpha value is -0.620. The second-order valence-corrected chi connectivity index (χ2v) is 5.65. The third-order valence-corrected chi connectivity index (χ3v) is 4.17. The molecule has 2 fully saturated rings. The fourth-order valence-corrected chi connectivity index (χ4v) is 2.67. The number of nitrogens with one attached hydrogen (secondary N) is 1. The molecule has 0 saturated heterocycles. The van der Waals surface area contributed by atoms with Crippen molar-refractivity contribution in [2.45, 2.75) is 43.4 Å². The highest BCUT2D eigenvalue weighted by atomic mass is 32.2. The van der Waals surface area contributed by atoms with E-state index in [4.69, 9.17) is 0 Å². The molecule has 1 aromatic heterocycles. The van der Waals surface area contributed by atoms with E-state index in [0.29, 0.717) is 0 Å². The van der Waals surface area contributed by atoms with Crippen LogP contribution < -0.4 is 5.32 Å². The average molecular weight is 239 g/mol. The van der Waals surface area contributed by atoms with Crippen LogP contribution in [0.2, 0.25) is 0 Å². The molecular weight excluding hydrogens is 222 g/mol. The molecule has 0 unspecified atom stereocenters. The predicted octanol–water partition coefficient (Wildman–Crippen LogP) is 0.927. The summed E-state index contributed by atoms with van der Waals surface area (Å²) in [6.45, 7) is 1.86. The lowest BCUT2D eigenvalue weighted by molar-refractivity contribution is 0.509. The molecule has 0 amide bonds. The molecule has 0 aromatic carbocycles. The smallest absolute Gasteiger partial charge is 0.209 e. The van der Waals surface area contributed by atoms with Gasteiger partial charge in [-0.25, -0.2) is 4.68 Å². The molecule has 1 heterocycles. The predicted molar refractivity (Wildman–Crippen MR) is 62.3 cm³/mol. The lowest BCUT2D eigenvalue weighted by Crippen LogP contribution is -2.22. The van der Waals surface area contributed by atoms with Crippen molar-refractivity contribution >= 4 is 11.8 Å². The monoisotopic (exact) mass is 239 g/mol. The maximum Gasteiger partial charge on any atom is 0.209 e. The van der Waals surface area contributed by atoms with E-state index < -0.39 is 0 Å². The van der Waals surface area contributed by atoms with E-state index in [0.717, 1.165) is 30.2 Å². The summed E-state index contributed by atoms with van der Waals surface area (Å²) in [7, 11) is 0. The van der Waals surface area contributed by atoms with E-state index in [2.05, 4.69) is 20.8 Å². The minimum Gasteiger partial charge on any atom is -0.312 e. The van der Waals surface area contributed by atoms with Gasteiger partial charge in [-0.3, -0.25) is 0 Å². The Balaban J connectivity index is 1.45. The van der Waals surface area contributed by atoms with Gasteiger partial charge in [0.15, 0.2) is 0 Å². The van der Waals surface area contributed by atoms with Crippen LogP contribution in [0, 0.1) is 5.92 Å². The first-order chi connectivity index (χ1) is 7.92. The van der Waals surface area contributed by atoms with Gasteiger partial charge in [0.05, 0.1) is 6.54 Å². The molecule has 16 heavy (non-hydrogen) atoms. The van der Waals surface area contributed by atoms with Crippen molar-refractivity contribution in [1.29, 1.82) is 0 Å². The fourth-order valence-electron chi connectivity index (χ4n) is 1.58. The molecule has 0 bridgehead atoms. The van der Waals surface area contributed by atoms with Crippen molar-refractivity contribution in [3.05, 3.63) is 0 Å². The van der Waals surface area contributed by atoms with Crippen molar-refractivity contribution in [3.63, 3.8) is 0 Å². The van der Waals surface area contributed by atoms with Crippen LogP contribution in [0.4, 0.5) is 0 Å². The Morgan fingerprint density at radius 2 is 2.19 bits per heavy atom. The van der Waals surface area contributed by atoms with Crippen molar-refractivity contribution in [3.8, 4) is 0 Å². The summed E-state index contributed by atoms with van der Waals surface area (Å²) in [5, 5.41) is 16.3. The number of nitrogens with zero attached hydrogens (tertiary/aromatic N) is 4. The molecule has 0 spiro atoms. The Morgan fingerprint density at radius 1 is 1.31 bits per heavy atom. The van der Waals surface area contributed by atoms with Crippen LogP contribution >= 0.6 is 11.8 Å². The molecule has 1 aromatic rings. The first-order valence-electron chi connectivity index (χ1n) is 6.04. The van der Waals surface area contributed by atoms with Crippen LogP contribution in [-0.4, -0.2) is 38.5 Å². The first kappa shape index (κ1) is 10.5. The highest BCUT2D eigenvalue weighted by Gasteiger charge is 2.23. The SMILES string of the molecule is C(Cn1nnnc1SCC1CC1)NC1CC1. The minimum atomic E-state index is 0.763. The van der Waals surface area contributed by atoms with Gasteiger partial charge in [0.25, 0.3) is 0 Å². The fraction of sp³-hybridized carbons (Fsp3) is 0.900. The van der Waals surface area contributed by atoms with E-state index in [1.165, 1.54) is 31.4 Å². The summed E-state index contributed by atoms with van der Waals surface area (Å²) in [5.74, 6) is 2.09. The standard InChI is InChI=1S/C10H17N5S/c1-2-8(1)7-16-10-12-13-14-15(10)6-5-11-9-3-4-9/h8-9,11H,1-7H2. The zero-order valence-electron chi connectivity index (χ0n) is 9.30. The molecular formula is C10H17N5S. The van der Waals surface area contributed by atoms with Gasteiger partial charge in [-0.05, 0) is 42.0 Å². The molecule has 0 radical (unpaired) electrons. The minimum absolute atomic E-state index is 0.763. The van der Waals surface area contributed by atoms with Crippen LogP contribution in [0.15, 0.2) is 5.16 Å². The van der Waals surface area contributed by atoms with Crippen LogP contribution in [0.1, 0.15) is 25.7 Å². The van der Waals surface area contributed by atoms with E-state index in [9.17, 15) is 0 Å². The van der Waals surface area contributed by atoms with E-state index in [-0.39, 0.29) is 0 Å². The quantitative estimate of drug-likeness (QED) is 0.717. The Bertz CT molecular complexity index is 345. The number of rotatable bonds is 7. The normalized spacial score (nSPS) is 20.2. The Labute approximate surface area is 99.4 Å². The van der Waals surface area contributed by atoms with Crippen LogP contribution in [0.5, 0.6) is 0 Å². The molecule has 6 heteroatoms. The number of thioether (sulfide) groups is 1. The van der Waals surface area contributed by atoms with Crippen molar-refractivity contribution in [2.24, 2.45) is 5.92 Å². The zero-order chi connectivity index (χ0) is 10.8. The van der Waals surface area contributed by atoms with Crippen molar-refractivity contribution in [2.75, 3.05) is 12.3 Å². The van der Waals surface area contributed by atoms with Gasteiger partial charge in [-0.1, -0.05) is 11.8 Å². The first-order valence-corrected chi connectivity index (χ1v) is 7.03. The summed E-state index contributed by atoms with van der Waals surface area (Å²) >= 11 is 1.80. The van der Waals surface area contributed by atoms with E-state index in [1.807, 2.05) is 4.68 Å². The Kier molecular flexibility index (Phi) is 3.10. The molecule has 5 nitrogen and oxygen atoms in total. The highest BCUT2D eigenvalue weighted by molar-refractivity contribution is 7.99. The summed E-state index contributed by atoms with van der Waals surface area (Å²) in [5.41, 5.74) is 0. The zero-order valence-corrected chi connectivity index (χ0v) is 10.1. The molecule has 0 aliphatic heterocycles. The lowest BCUT2D eigenvalue weighted by atomic mass is 10.5. The Morgan fingerprint density at radius 3 is 2.94 bits per heavy atom. The molecule has 2 aliphatic rings. The topological polar surface area (TPSA) is 55.6 Å². The second-order valence-electron chi connectivity index (χ2n) is 4.67. The van der Waals surface area contributed by atoms with Crippen molar-refractivity contribution in [1.82, 2.24) is 25.5 Å². The highest BCUT2D eigenvalue weighted by Crippen LogP contribution is 2.34. The summed E-state index contributed by atoms with van der Waals surface area (Å²) in [6.07, 6.45) is 5.44. The maximum absolute atomic E-state index is 4.07. The van der Waals surface area contributed by atoms with Crippen LogP contribution in [-0.2, 0) is 6.54 Å².